The zero-order valence-corrected chi connectivity index (χ0v) is 18.6. The second-order valence-corrected chi connectivity index (χ2v) is 8.86. The number of carbonyl (C=O) groups is 1. The van der Waals surface area contributed by atoms with Crippen LogP contribution in [0.1, 0.15) is 80.5 Å². The molecule has 5 nitrogen and oxygen atoms in total. The Hall–Kier alpha value is -2.53. The van der Waals surface area contributed by atoms with Crippen molar-refractivity contribution in [2.75, 3.05) is 13.8 Å². The first-order valence-corrected chi connectivity index (χ1v) is 11.5. The fourth-order valence-corrected chi connectivity index (χ4v) is 5.12. The topological polar surface area (TPSA) is 63.6 Å². The Kier molecular flexibility index (Phi) is 7.13. The summed E-state index contributed by atoms with van der Waals surface area (Å²) in [6.07, 6.45) is 8.35. The summed E-state index contributed by atoms with van der Waals surface area (Å²) in [7, 11) is 1.64. The van der Waals surface area contributed by atoms with Gasteiger partial charge in [-0.25, -0.2) is 4.98 Å². The van der Waals surface area contributed by atoms with Gasteiger partial charge < -0.3 is 4.74 Å². The van der Waals surface area contributed by atoms with Gasteiger partial charge in [-0.3, -0.25) is 15.1 Å². The van der Waals surface area contributed by atoms with Gasteiger partial charge in [0.25, 0.3) is 0 Å². The highest BCUT2D eigenvalue weighted by Crippen LogP contribution is 2.38. The number of rotatable bonds is 7. The highest BCUT2D eigenvalue weighted by molar-refractivity contribution is 6.05. The van der Waals surface area contributed by atoms with Gasteiger partial charge in [-0.2, -0.15) is 0 Å². The van der Waals surface area contributed by atoms with Crippen LogP contribution in [0.3, 0.4) is 0 Å². The fourth-order valence-electron chi connectivity index (χ4n) is 5.12. The van der Waals surface area contributed by atoms with Gasteiger partial charge in [0.05, 0.1) is 19.3 Å². The second kappa shape index (κ2) is 10.2. The normalized spacial score (nSPS) is 23.4. The van der Waals surface area contributed by atoms with E-state index in [0.29, 0.717) is 49.4 Å². The number of aromatic nitrogens is 1. The maximum absolute atomic E-state index is 12.9. The summed E-state index contributed by atoms with van der Waals surface area (Å²) in [6.45, 7) is 2.66. The number of carbonyl (C=O) groups excluding carboxylic acids is 1. The summed E-state index contributed by atoms with van der Waals surface area (Å²) in [5.41, 5.74) is 4.44. The molecule has 1 aromatic carbocycles. The molecule has 0 radical (unpaired) electrons. The van der Waals surface area contributed by atoms with E-state index in [4.69, 9.17) is 9.73 Å². The average Bonchev–Trinajstić information content (AvgIpc) is 2.97. The monoisotopic (exact) mass is 419 g/mol. The van der Waals surface area contributed by atoms with Crippen molar-refractivity contribution >= 4 is 11.5 Å². The van der Waals surface area contributed by atoms with Crippen molar-refractivity contribution in [3.8, 4) is 5.88 Å². The molecular formula is C26H33N3O2. The number of nitrogens with zero attached hydrogens (tertiary/aromatic N) is 2. The lowest BCUT2D eigenvalue weighted by molar-refractivity contribution is -0.120. The zero-order valence-electron chi connectivity index (χ0n) is 18.6. The number of ether oxygens (including phenoxy) is 1. The summed E-state index contributed by atoms with van der Waals surface area (Å²) in [4.78, 5) is 22.0. The first-order valence-electron chi connectivity index (χ1n) is 11.5. The molecule has 3 atom stereocenters. The van der Waals surface area contributed by atoms with Gasteiger partial charge in [0.15, 0.2) is 0 Å². The van der Waals surface area contributed by atoms with Crippen molar-refractivity contribution in [3.63, 3.8) is 0 Å². The maximum Gasteiger partial charge on any atom is 0.222 e. The van der Waals surface area contributed by atoms with E-state index in [0.717, 1.165) is 29.7 Å². The largest absolute Gasteiger partial charge is 0.481 e. The standard InChI is InChI=1S/C26H33N3O2/c1-18-23-13-14-27-26(31-2)25(23)24(29-17-28-18)12-11-22(30)16-19-7-6-10-21(15-19)20-8-4-3-5-9-20/h3-5,8-9,13-14,18-19,21,28H,6-7,10-12,15-17H2,1-2H3. The molecule has 1 N–H and O–H groups in total. The van der Waals surface area contributed by atoms with Gasteiger partial charge in [-0.15, -0.1) is 0 Å². The fraction of sp³-hybridized carbons (Fsp3) is 0.500. The average molecular weight is 420 g/mol. The van der Waals surface area contributed by atoms with Crippen LogP contribution in [0.2, 0.25) is 0 Å². The van der Waals surface area contributed by atoms with Crippen molar-refractivity contribution in [1.82, 2.24) is 10.3 Å². The number of hydrogen-bond donors (Lipinski definition) is 1. The molecule has 0 amide bonds. The molecular weight excluding hydrogens is 386 g/mol. The Morgan fingerprint density at radius 2 is 2.03 bits per heavy atom. The second-order valence-electron chi connectivity index (χ2n) is 8.86. The molecule has 1 fully saturated rings. The number of nitrogens with one attached hydrogen (secondary N) is 1. The SMILES string of the molecule is COc1nccc2c1C(CCC(=O)CC1CCCC(c3ccccc3)C1)=NCNC2C. The Morgan fingerprint density at radius 1 is 1.19 bits per heavy atom. The van der Waals surface area contributed by atoms with Gasteiger partial charge in [0.1, 0.15) is 5.78 Å². The quantitative estimate of drug-likeness (QED) is 0.669. The molecule has 1 aliphatic heterocycles. The summed E-state index contributed by atoms with van der Waals surface area (Å²) in [5, 5.41) is 3.40. The van der Waals surface area contributed by atoms with Crippen molar-refractivity contribution in [2.45, 2.75) is 63.8 Å². The van der Waals surface area contributed by atoms with Gasteiger partial charge in [-0.05, 0) is 61.6 Å². The van der Waals surface area contributed by atoms with E-state index in [-0.39, 0.29) is 6.04 Å². The third-order valence-corrected chi connectivity index (χ3v) is 6.78. The van der Waals surface area contributed by atoms with E-state index in [2.05, 4.69) is 47.6 Å². The predicted octanol–water partition coefficient (Wildman–Crippen LogP) is 5.21. The van der Waals surface area contributed by atoms with Crippen LogP contribution in [0.5, 0.6) is 5.88 Å². The first-order chi connectivity index (χ1) is 15.2. The number of pyridine rings is 1. The number of benzene rings is 1. The lowest BCUT2D eigenvalue weighted by Crippen LogP contribution is -2.18. The Morgan fingerprint density at radius 3 is 2.84 bits per heavy atom. The van der Waals surface area contributed by atoms with Gasteiger partial charge in [0.2, 0.25) is 5.88 Å². The lowest BCUT2D eigenvalue weighted by atomic mass is 9.76. The van der Waals surface area contributed by atoms with Crippen LogP contribution >= 0.6 is 0 Å². The molecule has 0 spiro atoms. The number of Topliss-reactive ketones (excluding diaryl/α,β-unsaturated/α-hetero) is 1. The summed E-state index contributed by atoms with van der Waals surface area (Å²) >= 11 is 0. The minimum absolute atomic E-state index is 0.168. The molecule has 1 saturated carbocycles. The van der Waals surface area contributed by atoms with Gasteiger partial charge in [-0.1, -0.05) is 36.8 Å². The molecule has 3 unspecified atom stereocenters. The van der Waals surface area contributed by atoms with E-state index in [1.165, 1.54) is 18.4 Å². The molecule has 0 saturated heterocycles. The molecule has 31 heavy (non-hydrogen) atoms. The maximum atomic E-state index is 12.9. The summed E-state index contributed by atoms with van der Waals surface area (Å²) < 4.78 is 5.52. The van der Waals surface area contributed by atoms with E-state index < -0.39 is 0 Å². The highest BCUT2D eigenvalue weighted by Gasteiger charge is 2.26. The minimum Gasteiger partial charge on any atom is -0.481 e. The number of methoxy groups -OCH3 is 1. The smallest absolute Gasteiger partial charge is 0.222 e. The van der Waals surface area contributed by atoms with Crippen LogP contribution in [0.25, 0.3) is 0 Å². The molecule has 2 aromatic rings. The van der Waals surface area contributed by atoms with Crippen LogP contribution in [-0.4, -0.2) is 30.3 Å². The van der Waals surface area contributed by atoms with Crippen molar-refractivity contribution in [3.05, 3.63) is 59.3 Å². The molecule has 1 aliphatic carbocycles. The van der Waals surface area contributed by atoms with Gasteiger partial charge in [0, 0.05) is 30.8 Å². The van der Waals surface area contributed by atoms with E-state index in [9.17, 15) is 4.79 Å². The lowest BCUT2D eigenvalue weighted by Gasteiger charge is -2.29. The Labute approximate surface area is 185 Å². The van der Waals surface area contributed by atoms with E-state index in [1.807, 2.05) is 6.07 Å². The molecule has 2 aliphatic rings. The van der Waals surface area contributed by atoms with Crippen LogP contribution in [-0.2, 0) is 4.79 Å². The Bertz CT molecular complexity index is 926. The Balaban J connectivity index is 1.38. The zero-order chi connectivity index (χ0) is 21.6. The molecule has 1 aromatic heterocycles. The number of ketones is 1. The van der Waals surface area contributed by atoms with E-state index >= 15 is 0 Å². The number of aliphatic imine (C=N–C) groups is 1. The number of hydrogen-bond acceptors (Lipinski definition) is 5. The third-order valence-electron chi connectivity index (χ3n) is 6.78. The van der Waals surface area contributed by atoms with Crippen LogP contribution in [0.15, 0.2) is 47.6 Å². The molecule has 164 valence electrons. The first kappa shape index (κ1) is 21.7. The predicted molar refractivity (Wildman–Crippen MR) is 124 cm³/mol. The molecule has 5 heteroatoms. The highest BCUT2D eigenvalue weighted by atomic mass is 16.5. The number of fused-ring (bicyclic) bond motifs is 1. The molecule has 2 heterocycles. The van der Waals surface area contributed by atoms with Crippen molar-refractivity contribution in [2.24, 2.45) is 10.9 Å². The minimum atomic E-state index is 0.168. The van der Waals surface area contributed by atoms with Crippen LogP contribution in [0, 0.1) is 5.92 Å². The summed E-state index contributed by atoms with van der Waals surface area (Å²) in [6, 6.07) is 13.0. The van der Waals surface area contributed by atoms with Crippen molar-refractivity contribution in [1.29, 1.82) is 0 Å². The van der Waals surface area contributed by atoms with Gasteiger partial charge >= 0.3 is 0 Å². The molecule has 4 rings (SSSR count). The van der Waals surface area contributed by atoms with Crippen LogP contribution < -0.4 is 10.1 Å². The van der Waals surface area contributed by atoms with Crippen LogP contribution in [0.4, 0.5) is 0 Å². The van der Waals surface area contributed by atoms with E-state index in [1.54, 1.807) is 13.3 Å². The third kappa shape index (κ3) is 5.21. The molecule has 0 bridgehead atoms. The van der Waals surface area contributed by atoms with Crippen molar-refractivity contribution < 1.29 is 9.53 Å². The summed E-state index contributed by atoms with van der Waals surface area (Å²) in [5.74, 6) is 2.02.